The number of aromatic nitrogens is 2. The number of H-pyrrole nitrogens is 1. The van der Waals surface area contributed by atoms with Gasteiger partial charge in [0.05, 0.1) is 16.8 Å². The van der Waals surface area contributed by atoms with Crippen LogP contribution in [0.3, 0.4) is 0 Å². The molecule has 0 unspecified atom stereocenters. The van der Waals surface area contributed by atoms with Crippen molar-refractivity contribution >= 4 is 23.4 Å². The van der Waals surface area contributed by atoms with Crippen LogP contribution >= 0.6 is 11.3 Å². The molecule has 0 amide bonds. The van der Waals surface area contributed by atoms with Crippen molar-refractivity contribution in [2.75, 3.05) is 0 Å². The van der Waals surface area contributed by atoms with Crippen LogP contribution in [0.2, 0.25) is 0 Å². The van der Waals surface area contributed by atoms with Crippen LogP contribution in [0.1, 0.15) is 5.56 Å². The Morgan fingerprint density at radius 3 is 3.13 bits per heavy atom. The van der Waals surface area contributed by atoms with Gasteiger partial charge in [-0.05, 0) is 17.5 Å². The van der Waals surface area contributed by atoms with Crippen LogP contribution in [0.15, 0.2) is 29.8 Å². The minimum Gasteiger partial charge on any atom is -0.478 e. The maximum absolute atomic E-state index is 10.4. The zero-order valence-corrected chi connectivity index (χ0v) is 8.49. The lowest BCUT2D eigenvalue weighted by Gasteiger charge is -1.93. The van der Waals surface area contributed by atoms with Crippen molar-refractivity contribution in [3.05, 3.63) is 35.3 Å². The van der Waals surface area contributed by atoms with Crippen LogP contribution in [0, 0.1) is 0 Å². The predicted molar refractivity (Wildman–Crippen MR) is 58.6 cm³/mol. The first-order chi connectivity index (χ1) is 7.27. The summed E-state index contributed by atoms with van der Waals surface area (Å²) in [5.74, 6) is -0.965. The lowest BCUT2D eigenvalue weighted by molar-refractivity contribution is -0.131. The molecule has 0 aliphatic carbocycles. The Hall–Kier alpha value is -1.88. The zero-order valence-electron chi connectivity index (χ0n) is 7.68. The van der Waals surface area contributed by atoms with Crippen molar-refractivity contribution in [1.82, 2.24) is 10.2 Å². The first kappa shape index (κ1) is 9.67. The van der Waals surface area contributed by atoms with E-state index in [1.54, 1.807) is 17.5 Å². The second-order valence-electron chi connectivity index (χ2n) is 2.85. The van der Waals surface area contributed by atoms with Crippen molar-refractivity contribution in [3.63, 3.8) is 0 Å². The average Bonchev–Trinajstić information content (AvgIpc) is 2.85. The van der Waals surface area contributed by atoms with E-state index in [1.807, 2.05) is 17.5 Å². The minimum absolute atomic E-state index is 0.778. The van der Waals surface area contributed by atoms with E-state index in [4.69, 9.17) is 5.11 Å². The fraction of sp³-hybridized carbons (Fsp3) is 0. The molecule has 0 aliphatic heterocycles. The van der Waals surface area contributed by atoms with Crippen molar-refractivity contribution in [1.29, 1.82) is 0 Å². The maximum atomic E-state index is 10.4. The van der Waals surface area contributed by atoms with Gasteiger partial charge < -0.3 is 5.11 Å². The summed E-state index contributed by atoms with van der Waals surface area (Å²) in [5, 5.41) is 17.2. The highest BCUT2D eigenvalue weighted by Crippen LogP contribution is 2.26. The van der Waals surface area contributed by atoms with Gasteiger partial charge >= 0.3 is 5.97 Å². The number of carboxylic acid groups (broad SMARTS) is 1. The van der Waals surface area contributed by atoms with Gasteiger partial charge in [-0.1, -0.05) is 6.07 Å². The van der Waals surface area contributed by atoms with E-state index in [2.05, 4.69) is 10.2 Å². The summed E-state index contributed by atoms with van der Waals surface area (Å²) in [6.45, 7) is 0. The van der Waals surface area contributed by atoms with Gasteiger partial charge in [0.2, 0.25) is 0 Å². The molecule has 2 aromatic heterocycles. The summed E-state index contributed by atoms with van der Waals surface area (Å²) in [7, 11) is 0. The Kier molecular flexibility index (Phi) is 2.64. The average molecular weight is 220 g/mol. The summed E-state index contributed by atoms with van der Waals surface area (Å²) in [6, 6.07) is 3.89. The van der Waals surface area contributed by atoms with Gasteiger partial charge in [0.15, 0.2) is 0 Å². The third-order valence-electron chi connectivity index (χ3n) is 1.84. The Balaban J connectivity index is 2.34. The molecule has 2 N–H and O–H groups in total. The summed E-state index contributed by atoms with van der Waals surface area (Å²) >= 11 is 1.58. The number of hydrogen-bond donors (Lipinski definition) is 2. The highest BCUT2D eigenvalue weighted by atomic mass is 32.1. The van der Waals surface area contributed by atoms with E-state index in [-0.39, 0.29) is 0 Å². The topological polar surface area (TPSA) is 66.0 Å². The standard InChI is InChI=1S/C10H8N2O2S/c13-9(14)4-3-7-6-11-12-10(7)8-2-1-5-15-8/h1-6H,(H,11,12)(H,13,14)/b4-3+. The number of hydrogen-bond acceptors (Lipinski definition) is 3. The van der Waals surface area contributed by atoms with E-state index in [9.17, 15) is 4.79 Å². The van der Waals surface area contributed by atoms with Crippen molar-refractivity contribution in [3.8, 4) is 10.6 Å². The molecule has 2 rings (SSSR count). The third kappa shape index (κ3) is 2.13. The van der Waals surface area contributed by atoms with Gasteiger partial charge in [-0.25, -0.2) is 4.79 Å². The number of aliphatic carboxylic acids is 1. The second-order valence-corrected chi connectivity index (χ2v) is 3.80. The van der Waals surface area contributed by atoms with E-state index < -0.39 is 5.97 Å². The van der Waals surface area contributed by atoms with Gasteiger partial charge in [0.25, 0.3) is 0 Å². The maximum Gasteiger partial charge on any atom is 0.328 e. The smallest absolute Gasteiger partial charge is 0.328 e. The Morgan fingerprint density at radius 2 is 2.47 bits per heavy atom. The first-order valence-corrected chi connectivity index (χ1v) is 5.13. The van der Waals surface area contributed by atoms with Crippen molar-refractivity contribution in [2.24, 2.45) is 0 Å². The third-order valence-corrected chi connectivity index (χ3v) is 2.73. The molecule has 5 heteroatoms. The van der Waals surface area contributed by atoms with Gasteiger partial charge in [0, 0.05) is 11.6 Å². The lowest BCUT2D eigenvalue weighted by Crippen LogP contribution is -1.85. The Bertz CT molecular complexity index is 485. The molecule has 0 radical (unpaired) electrons. The van der Waals surface area contributed by atoms with Crippen molar-refractivity contribution in [2.45, 2.75) is 0 Å². The van der Waals surface area contributed by atoms with Gasteiger partial charge in [-0.2, -0.15) is 5.10 Å². The number of thiophene rings is 1. The molecule has 4 nitrogen and oxygen atoms in total. The van der Waals surface area contributed by atoms with Crippen LogP contribution in [-0.4, -0.2) is 21.3 Å². The van der Waals surface area contributed by atoms with E-state index in [0.717, 1.165) is 22.2 Å². The van der Waals surface area contributed by atoms with Crippen LogP contribution in [-0.2, 0) is 4.79 Å². The molecule has 0 spiro atoms. The number of carbonyl (C=O) groups is 1. The molecule has 0 saturated heterocycles. The van der Waals surface area contributed by atoms with Gasteiger partial charge in [-0.15, -0.1) is 11.3 Å². The molecule has 15 heavy (non-hydrogen) atoms. The molecule has 0 aliphatic rings. The molecule has 0 atom stereocenters. The molecule has 0 aromatic carbocycles. The number of nitrogens with zero attached hydrogens (tertiary/aromatic N) is 1. The second kappa shape index (κ2) is 4.10. The normalized spacial score (nSPS) is 10.9. The summed E-state index contributed by atoms with van der Waals surface area (Å²) in [6.07, 6.45) is 4.23. The van der Waals surface area contributed by atoms with Crippen molar-refractivity contribution < 1.29 is 9.90 Å². The molecule has 0 bridgehead atoms. The largest absolute Gasteiger partial charge is 0.478 e. The number of aromatic amines is 1. The van der Waals surface area contributed by atoms with Crippen LogP contribution in [0.25, 0.3) is 16.6 Å². The monoisotopic (exact) mass is 220 g/mol. The zero-order chi connectivity index (χ0) is 10.7. The molecule has 0 saturated carbocycles. The molecule has 76 valence electrons. The molecule has 2 aromatic rings. The van der Waals surface area contributed by atoms with Crippen LogP contribution in [0.4, 0.5) is 0 Å². The highest BCUT2D eigenvalue weighted by molar-refractivity contribution is 7.13. The lowest BCUT2D eigenvalue weighted by atomic mass is 10.2. The summed E-state index contributed by atoms with van der Waals surface area (Å²) < 4.78 is 0. The number of nitrogens with one attached hydrogen (secondary N) is 1. The SMILES string of the molecule is O=C(O)/C=C/c1cn[nH]c1-c1cccs1. The van der Waals surface area contributed by atoms with E-state index in [0.29, 0.717) is 0 Å². The van der Waals surface area contributed by atoms with E-state index >= 15 is 0 Å². The Labute approximate surface area is 89.9 Å². The fourth-order valence-electron chi connectivity index (χ4n) is 1.20. The summed E-state index contributed by atoms with van der Waals surface area (Å²) in [4.78, 5) is 11.4. The molecular formula is C10H8N2O2S. The predicted octanol–water partition coefficient (Wildman–Crippen LogP) is 2.24. The first-order valence-electron chi connectivity index (χ1n) is 4.25. The number of carboxylic acids is 1. The minimum atomic E-state index is -0.965. The van der Waals surface area contributed by atoms with Crippen LogP contribution < -0.4 is 0 Å². The van der Waals surface area contributed by atoms with E-state index in [1.165, 1.54) is 6.08 Å². The fourth-order valence-corrected chi connectivity index (χ4v) is 1.94. The Morgan fingerprint density at radius 1 is 1.60 bits per heavy atom. The van der Waals surface area contributed by atoms with Gasteiger partial charge in [-0.3, -0.25) is 5.10 Å². The molecular weight excluding hydrogens is 212 g/mol. The highest BCUT2D eigenvalue weighted by Gasteiger charge is 2.05. The quantitative estimate of drug-likeness (QED) is 0.779. The molecule has 0 fully saturated rings. The summed E-state index contributed by atoms with van der Waals surface area (Å²) in [5.41, 5.74) is 1.63. The van der Waals surface area contributed by atoms with Crippen LogP contribution in [0.5, 0.6) is 0 Å². The number of rotatable bonds is 3. The van der Waals surface area contributed by atoms with Gasteiger partial charge in [0.1, 0.15) is 0 Å². The molecule has 2 heterocycles.